The van der Waals surface area contributed by atoms with Crippen LogP contribution in [0.4, 0.5) is 0 Å². The lowest BCUT2D eigenvalue weighted by Gasteiger charge is -2.10. The summed E-state index contributed by atoms with van der Waals surface area (Å²) in [6, 6.07) is 7.21. The number of hydrogen-bond acceptors (Lipinski definition) is 2. The molecule has 0 aliphatic carbocycles. The van der Waals surface area contributed by atoms with Gasteiger partial charge in [0.1, 0.15) is 11.9 Å². The Hall–Kier alpha value is -1.46. The summed E-state index contributed by atoms with van der Waals surface area (Å²) in [5, 5.41) is 9.42. The van der Waals surface area contributed by atoms with Crippen LogP contribution in [0.2, 0.25) is 0 Å². The van der Waals surface area contributed by atoms with Crippen molar-refractivity contribution in [1.82, 2.24) is 0 Å². The van der Waals surface area contributed by atoms with Crippen LogP contribution in [-0.4, -0.2) is 11.7 Å². The highest BCUT2D eigenvalue weighted by atomic mass is 16.5. The molecule has 13 heavy (non-hydrogen) atoms. The van der Waals surface area contributed by atoms with E-state index in [0.717, 1.165) is 0 Å². The molecule has 0 spiro atoms. The minimum absolute atomic E-state index is 0.564. The quantitative estimate of drug-likeness (QED) is 0.711. The molecule has 0 amide bonds. The van der Waals surface area contributed by atoms with Crippen molar-refractivity contribution in [3.8, 4) is 18.1 Å². The molecule has 1 N–H and O–H groups in total. The number of aliphatic hydroxyl groups excluding tert-OH is 1. The summed E-state index contributed by atoms with van der Waals surface area (Å²) >= 11 is 0. The lowest BCUT2D eigenvalue weighted by Crippen LogP contribution is -2.00. The van der Waals surface area contributed by atoms with Crippen molar-refractivity contribution < 1.29 is 9.84 Å². The molecule has 1 aromatic rings. The van der Waals surface area contributed by atoms with Crippen LogP contribution in [0.5, 0.6) is 5.75 Å². The van der Waals surface area contributed by atoms with E-state index in [2.05, 4.69) is 5.92 Å². The van der Waals surface area contributed by atoms with E-state index in [1.54, 1.807) is 12.1 Å². The third kappa shape index (κ3) is 2.24. The molecule has 1 unspecified atom stereocenters. The zero-order valence-electron chi connectivity index (χ0n) is 7.53. The lowest BCUT2D eigenvalue weighted by atomic mass is 10.1. The van der Waals surface area contributed by atoms with Gasteiger partial charge in [0, 0.05) is 5.56 Å². The van der Waals surface area contributed by atoms with Gasteiger partial charge in [-0.25, -0.2) is 0 Å². The summed E-state index contributed by atoms with van der Waals surface area (Å²) < 4.78 is 5.30. The highest BCUT2D eigenvalue weighted by Crippen LogP contribution is 2.24. The Kier molecular flexibility index (Phi) is 3.36. The van der Waals surface area contributed by atoms with E-state index < -0.39 is 6.10 Å². The predicted octanol–water partition coefficient (Wildman–Crippen LogP) is 1.75. The van der Waals surface area contributed by atoms with Crippen molar-refractivity contribution in [3.05, 3.63) is 29.8 Å². The molecule has 0 saturated carbocycles. The van der Waals surface area contributed by atoms with Crippen LogP contribution in [0, 0.1) is 12.3 Å². The van der Waals surface area contributed by atoms with Crippen LogP contribution < -0.4 is 4.74 Å². The topological polar surface area (TPSA) is 29.5 Å². The molecule has 0 radical (unpaired) electrons. The normalized spacial score (nSPS) is 11.8. The zero-order chi connectivity index (χ0) is 9.68. The lowest BCUT2D eigenvalue weighted by molar-refractivity contribution is 0.229. The second-order valence-electron chi connectivity index (χ2n) is 2.54. The minimum atomic E-state index is -0.886. The van der Waals surface area contributed by atoms with Gasteiger partial charge in [0.15, 0.2) is 0 Å². The van der Waals surface area contributed by atoms with Gasteiger partial charge in [-0.15, -0.1) is 6.42 Å². The Morgan fingerprint density at radius 2 is 2.23 bits per heavy atom. The standard InChI is InChI=1S/C11H12O2/c1-3-10(12)9-7-5-6-8-11(9)13-4-2/h1,5-8,10,12H,4H2,2H3. The largest absolute Gasteiger partial charge is 0.493 e. The first-order valence-electron chi connectivity index (χ1n) is 4.15. The SMILES string of the molecule is C#CC(O)c1ccccc1OCC. The molecule has 68 valence electrons. The van der Waals surface area contributed by atoms with Gasteiger partial charge in [-0.1, -0.05) is 24.1 Å². The highest BCUT2D eigenvalue weighted by Gasteiger charge is 2.08. The fourth-order valence-corrected chi connectivity index (χ4v) is 1.08. The van der Waals surface area contributed by atoms with Gasteiger partial charge in [0.05, 0.1) is 6.61 Å². The number of para-hydroxylation sites is 1. The van der Waals surface area contributed by atoms with Crippen LogP contribution in [0.1, 0.15) is 18.6 Å². The predicted molar refractivity (Wildman–Crippen MR) is 51.4 cm³/mol. The molecule has 1 atom stereocenters. The van der Waals surface area contributed by atoms with E-state index in [1.807, 2.05) is 19.1 Å². The highest BCUT2D eigenvalue weighted by molar-refractivity contribution is 5.37. The number of rotatable bonds is 3. The summed E-state index contributed by atoms with van der Waals surface area (Å²) in [7, 11) is 0. The van der Waals surface area contributed by atoms with Crippen molar-refractivity contribution in [2.75, 3.05) is 6.61 Å². The minimum Gasteiger partial charge on any atom is -0.493 e. The Bertz CT molecular complexity index is 312. The van der Waals surface area contributed by atoms with Gasteiger partial charge in [0.2, 0.25) is 0 Å². The van der Waals surface area contributed by atoms with Gasteiger partial charge < -0.3 is 9.84 Å². The maximum Gasteiger partial charge on any atom is 0.143 e. The van der Waals surface area contributed by atoms with Crippen LogP contribution in [0.15, 0.2) is 24.3 Å². The molecule has 0 aliphatic rings. The fourth-order valence-electron chi connectivity index (χ4n) is 1.08. The Balaban J connectivity index is 2.98. The molecular formula is C11H12O2. The summed E-state index contributed by atoms with van der Waals surface area (Å²) in [4.78, 5) is 0. The summed E-state index contributed by atoms with van der Waals surface area (Å²) in [5.41, 5.74) is 0.645. The first kappa shape index (κ1) is 9.63. The van der Waals surface area contributed by atoms with Gasteiger partial charge in [-0.05, 0) is 13.0 Å². The van der Waals surface area contributed by atoms with Crippen LogP contribution in [-0.2, 0) is 0 Å². The Labute approximate surface area is 78.2 Å². The number of benzene rings is 1. The van der Waals surface area contributed by atoms with Crippen LogP contribution >= 0.6 is 0 Å². The molecular weight excluding hydrogens is 164 g/mol. The summed E-state index contributed by atoms with van der Waals surface area (Å²) in [5.74, 6) is 2.90. The summed E-state index contributed by atoms with van der Waals surface area (Å²) in [6.07, 6.45) is 4.23. The molecule has 0 aliphatic heterocycles. The number of aliphatic hydroxyl groups is 1. The van der Waals surface area contributed by atoms with E-state index >= 15 is 0 Å². The van der Waals surface area contributed by atoms with E-state index in [4.69, 9.17) is 11.2 Å². The maximum absolute atomic E-state index is 9.42. The molecule has 0 heterocycles. The first-order chi connectivity index (χ1) is 6.29. The number of terminal acetylenes is 1. The second-order valence-corrected chi connectivity index (χ2v) is 2.54. The molecule has 0 bridgehead atoms. The van der Waals surface area contributed by atoms with Crippen molar-refractivity contribution in [2.24, 2.45) is 0 Å². The Morgan fingerprint density at radius 3 is 2.85 bits per heavy atom. The Morgan fingerprint density at radius 1 is 1.54 bits per heavy atom. The van der Waals surface area contributed by atoms with Gasteiger partial charge >= 0.3 is 0 Å². The van der Waals surface area contributed by atoms with E-state index in [-0.39, 0.29) is 0 Å². The van der Waals surface area contributed by atoms with Crippen LogP contribution in [0.3, 0.4) is 0 Å². The smallest absolute Gasteiger partial charge is 0.143 e. The summed E-state index contributed by atoms with van der Waals surface area (Å²) in [6.45, 7) is 2.45. The number of hydrogen-bond donors (Lipinski definition) is 1. The maximum atomic E-state index is 9.42. The van der Waals surface area contributed by atoms with Gasteiger partial charge in [-0.3, -0.25) is 0 Å². The molecule has 1 aromatic carbocycles. The second kappa shape index (κ2) is 4.54. The zero-order valence-corrected chi connectivity index (χ0v) is 7.53. The van der Waals surface area contributed by atoms with Crippen LogP contribution in [0.25, 0.3) is 0 Å². The van der Waals surface area contributed by atoms with Gasteiger partial charge in [0.25, 0.3) is 0 Å². The van der Waals surface area contributed by atoms with E-state index in [1.165, 1.54) is 0 Å². The van der Waals surface area contributed by atoms with Gasteiger partial charge in [-0.2, -0.15) is 0 Å². The third-order valence-corrected chi connectivity index (χ3v) is 1.67. The molecule has 0 fully saturated rings. The van der Waals surface area contributed by atoms with Crippen molar-refractivity contribution in [1.29, 1.82) is 0 Å². The molecule has 1 rings (SSSR count). The molecule has 0 aromatic heterocycles. The van der Waals surface area contributed by atoms with Crippen molar-refractivity contribution in [2.45, 2.75) is 13.0 Å². The molecule has 2 heteroatoms. The first-order valence-corrected chi connectivity index (χ1v) is 4.15. The monoisotopic (exact) mass is 176 g/mol. The average molecular weight is 176 g/mol. The molecule has 0 saturated heterocycles. The fraction of sp³-hybridized carbons (Fsp3) is 0.273. The molecule has 2 nitrogen and oxygen atoms in total. The van der Waals surface area contributed by atoms with E-state index in [0.29, 0.717) is 17.9 Å². The average Bonchev–Trinajstić information content (AvgIpc) is 2.18. The van der Waals surface area contributed by atoms with Crippen molar-refractivity contribution >= 4 is 0 Å². The van der Waals surface area contributed by atoms with E-state index in [9.17, 15) is 5.11 Å². The van der Waals surface area contributed by atoms with Crippen molar-refractivity contribution in [3.63, 3.8) is 0 Å². The third-order valence-electron chi connectivity index (χ3n) is 1.67. The number of ether oxygens (including phenoxy) is 1.